The summed E-state index contributed by atoms with van der Waals surface area (Å²) >= 11 is 1.03. The van der Waals surface area contributed by atoms with E-state index in [1.54, 1.807) is 19.1 Å². The maximum atomic E-state index is 11.8. The maximum absolute atomic E-state index is 11.8. The van der Waals surface area contributed by atoms with Crippen LogP contribution in [0.5, 0.6) is 0 Å². The number of aromatic nitrogens is 2. The van der Waals surface area contributed by atoms with Crippen molar-refractivity contribution in [3.63, 3.8) is 0 Å². The van der Waals surface area contributed by atoms with Gasteiger partial charge in [-0.3, -0.25) is 9.89 Å². The van der Waals surface area contributed by atoms with Crippen LogP contribution in [-0.4, -0.2) is 24.5 Å². The van der Waals surface area contributed by atoms with E-state index in [0.29, 0.717) is 10.6 Å². The first-order valence-corrected chi connectivity index (χ1v) is 7.67. The topological polar surface area (TPSA) is 118 Å². The van der Waals surface area contributed by atoms with Crippen molar-refractivity contribution < 1.29 is 13.2 Å². The van der Waals surface area contributed by atoms with Gasteiger partial charge in [0.05, 0.1) is 6.04 Å². The van der Waals surface area contributed by atoms with Crippen molar-refractivity contribution in [2.24, 2.45) is 5.14 Å². The summed E-state index contributed by atoms with van der Waals surface area (Å²) in [4.78, 5) is 12.5. The molecule has 2 rings (SSSR count). The molecule has 7 nitrogen and oxygen atoms in total. The molecule has 9 heteroatoms. The Hall–Kier alpha value is -1.71. The van der Waals surface area contributed by atoms with Gasteiger partial charge in [0.1, 0.15) is 9.90 Å². The van der Waals surface area contributed by atoms with Crippen LogP contribution in [0.15, 0.2) is 28.6 Å². The van der Waals surface area contributed by atoms with E-state index in [0.717, 1.165) is 11.3 Å². The summed E-state index contributed by atoms with van der Waals surface area (Å²) in [5.41, 5.74) is 0.343. The highest BCUT2D eigenvalue weighted by molar-refractivity contribution is 7.91. The number of hydrogen-bond acceptors (Lipinski definition) is 5. The Kier molecular flexibility index (Phi) is 3.69. The van der Waals surface area contributed by atoms with Crippen molar-refractivity contribution in [3.8, 4) is 0 Å². The molecule has 0 bridgehead atoms. The minimum absolute atomic E-state index is 0.0742. The minimum Gasteiger partial charge on any atom is -0.343 e. The summed E-state index contributed by atoms with van der Waals surface area (Å²) < 4.78 is 22.4. The first-order valence-electron chi connectivity index (χ1n) is 5.30. The largest absolute Gasteiger partial charge is 0.343 e. The molecule has 102 valence electrons. The molecule has 2 heterocycles. The van der Waals surface area contributed by atoms with E-state index in [1.165, 1.54) is 12.3 Å². The molecule has 2 aromatic heterocycles. The SMILES string of the molecule is CC(NC(=O)c1ccn[nH]1)c1ccc(S(N)(=O)=O)s1. The number of rotatable bonds is 4. The van der Waals surface area contributed by atoms with Crippen LogP contribution in [0.4, 0.5) is 0 Å². The van der Waals surface area contributed by atoms with E-state index in [2.05, 4.69) is 15.5 Å². The molecule has 1 atom stereocenters. The van der Waals surface area contributed by atoms with Crippen LogP contribution in [0.25, 0.3) is 0 Å². The second-order valence-electron chi connectivity index (χ2n) is 3.87. The molecule has 1 unspecified atom stereocenters. The Balaban J connectivity index is 2.10. The number of nitrogens with one attached hydrogen (secondary N) is 2. The number of carbonyl (C=O) groups excluding carboxylic acids is 1. The van der Waals surface area contributed by atoms with E-state index in [9.17, 15) is 13.2 Å². The molecule has 0 saturated heterocycles. The van der Waals surface area contributed by atoms with Crippen molar-refractivity contribution in [1.82, 2.24) is 15.5 Å². The zero-order chi connectivity index (χ0) is 14.0. The predicted molar refractivity (Wildman–Crippen MR) is 70.2 cm³/mol. The van der Waals surface area contributed by atoms with Gasteiger partial charge in [-0.1, -0.05) is 0 Å². The van der Waals surface area contributed by atoms with Gasteiger partial charge >= 0.3 is 0 Å². The molecule has 0 aliphatic heterocycles. The number of sulfonamides is 1. The second kappa shape index (κ2) is 5.11. The summed E-state index contributed by atoms with van der Waals surface area (Å²) in [6.45, 7) is 1.76. The van der Waals surface area contributed by atoms with Crippen molar-refractivity contribution in [3.05, 3.63) is 35.0 Å². The molecule has 4 N–H and O–H groups in total. The fourth-order valence-electron chi connectivity index (χ4n) is 1.45. The number of nitrogens with zero attached hydrogens (tertiary/aromatic N) is 1. The van der Waals surface area contributed by atoms with Gasteiger partial charge in [-0.05, 0) is 25.1 Å². The zero-order valence-electron chi connectivity index (χ0n) is 9.95. The molecule has 0 aromatic carbocycles. The van der Waals surface area contributed by atoms with Gasteiger partial charge in [0, 0.05) is 11.1 Å². The van der Waals surface area contributed by atoms with Crippen molar-refractivity contribution in [2.45, 2.75) is 17.2 Å². The highest BCUT2D eigenvalue weighted by atomic mass is 32.2. The number of aromatic amines is 1. The lowest BCUT2D eigenvalue weighted by atomic mass is 10.2. The monoisotopic (exact) mass is 300 g/mol. The third-order valence-corrected chi connectivity index (χ3v) is 5.11. The molecule has 0 radical (unpaired) electrons. The smallest absolute Gasteiger partial charge is 0.269 e. The summed E-state index contributed by atoms with van der Waals surface area (Å²) in [7, 11) is -3.70. The molecular weight excluding hydrogens is 288 g/mol. The summed E-state index contributed by atoms with van der Waals surface area (Å²) in [5.74, 6) is -0.310. The van der Waals surface area contributed by atoms with Crippen LogP contribution in [0.1, 0.15) is 28.3 Å². The Bertz CT molecular complexity index is 675. The summed E-state index contributed by atoms with van der Waals surface area (Å²) in [5, 5.41) is 14.0. The van der Waals surface area contributed by atoms with Crippen LogP contribution in [0.3, 0.4) is 0 Å². The number of thiophene rings is 1. The van der Waals surface area contributed by atoms with Crippen LogP contribution < -0.4 is 10.5 Å². The van der Waals surface area contributed by atoms with E-state index < -0.39 is 10.0 Å². The summed E-state index contributed by atoms with van der Waals surface area (Å²) in [6.07, 6.45) is 1.48. The predicted octanol–water partition coefficient (Wildman–Crippen LogP) is 0.610. The first kappa shape index (κ1) is 13.7. The standard InChI is InChI=1S/C10H12N4O3S2/c1-6(13-10(15)7-4-5-12-14-7)8-2-3-9(18-8)19(11,16)17/h2-6H,1H3,(H,12,14)(H,13,15)(H2,11,16,17). The molecule has 0 fully saturated rings. The molecule has 0 aliphatic carbocycles. The molecule has 2 aromatic rings. The fourth-order valence-corrected chi connectivity index (χ4v) is 3.20. The Labute approximate surface area is 113 Å². The van der Waals surface area contributed by atoms with E-state index in [4.69, 9.17) is 5.14 Å². The highest BCUT2D eigenvalue weighted by Gasteiger charge is 2.17. The zero-order valence-corrected chi connectivity index (χ0v) is 11.6. The van der Waals surface area contributed by atoms with Gasteiger partial charge in [-0.2, -0.15) is 5.10 Å². The molecule has 19 heavy (non-hydrogen) atoms. The van der Waals surface area contributed by atoms with E-state index >= 15 is 0 Å². The summed E-state index contributed by atoms with van der Waals surface area (Å²) in [6, 6.07) is 4.28. The lowest BCUT2D eigenvalue weighted by Crippen LogP contribution is -2.26. The van der Waals surface area contributed by atoms with Gasteiger partial charge < -0.3 is 5.32 Å². The minimum atomic E-state index is -3.70. The van der Waals surface area contributed by atoms with Gasteiger partial charge in [0.15, 0.2) is 0 Å². The Morgan fingerprint density at radius 2 is 2.21 bits per heavy atom. The average Bonchev–Trinajstić information content (AvgIpc) is 3.00. The lowest BCUT2D eigenvalue weighted by Gasteiger charge is -2.10. The molecule has 0 saturated carbocycles. The third kappa shape index (κ3) is 3.19. The van der Waals surface area contributed by atoms with Crippen LogP contribution in [0, 0.1) is 0 Å². The van der Waals surface area contributed by atoms with Crippen molar-refractivity contribution in [2.75, 3.05) is 0 Å². The number of amides is 1. The number of H-pyrrole nitrogens is 1. The second-order valence-corrected chi connectivity index (χ2v) is 6.77. The van der Waals surface area contributed by atoms with Gasteiger partial charge in [0.25, 0.3) is 5.91 Å². The van der Waals surface area contributed by atoms with Gasteiger partial charge in [-0.15, -0.1) is 11.3 Å². The number of carbonyl (C=O) groups is 1. The van der Waals surface area contributed by atoms with Crippen LogP contribution >= 0.6 is 11.3 Å². The Morgan fingerprint density at radius 3 is 2.74 bits per heavy atom. The average molecular weight is 300 g/mol. The van der Waals surface area contributed by atoms with Crippen molar-refractivity contribution in [1.29, 1.82) is 0 Å². The third-order valence-electron chi connectivity index (χ3n) is 2.40. The quantitative estimate of drug-likeness (QED) is 0.766. The molecular formula is C10H12N4O3S2. The highest BCUT2D eigenvalue weighted by Crippen LogP contribution is 2.25. The van der Waals surface area contributed by atoms with Crippen molar-refractivity contribution >= 4 is 27.3 Å². The number of hydrogen-bond donors (Lipinski definition) is 3. The molecule has 1 amide bonds. The van der Waals surface area contributed by atoms with Crippen LogP contribution in [-0.2, 0) is 10.0 Å². The Morgan fingerprint density at radius 1 is 1.47 bits per heavy atom. The normalized spacial score (nSPS) is 13.2. The van der Waals surface area contributed by atoms with E-state index in [1.807, 2.05) is 0 Å². The number of nitrogens with two attached hydrogens (primary N) is 1. The lowest BCUT2D eigenvalue weighted by molar-refractivity contribution is 0.0935. The number of primary sulfonamides is 1. The fraction of sp³-hybridized carbons (Fsp3) is 0.200. The maximum Gasteiger partial charge on any atom is 0.269 e. The van der Waals surface area contributed by atoms with Crippen LogP contribution in [0.2, 0.25) is 0 Å². The first-order chi connectivity index (χ1) is 8.88. The molecule has 0 aliphatic rings. The van der Waals surface area contributed by atoms with Gasteiger partial charge in [0.2, 0.25) is 10.0 Å². The van der Waals surface area contributed by atoms with E-state index in [-0.39, 0.29) is 16.2 Å². The molecule has 0 spiro atoms. The van der Waals surface area contributed by atoms with Gasteiger partial charge in [-0.25, -0.2) is 13.6 Å².